The summed E-state index contributed by atoms with van der Waals surface area (Å²) in [7, 11) is 1.84. The summed E-state index contributed by atoms with van der Waals surface area (Å²) in [6.07, 6.45) is 12.9. The van der Waals surface area contributed by atoms with Crippen LogP contribution in [0.4, 0.5) is 0 Å². The maximum atomic E-state index is 10.9. The lowest BCUT2D eigenvalue weighted by Crippen LogP contribution is -2.47. The quantitative estimate of drug-likeness (QED) is 0.574. The van der Waals surface area contributed by atoms with Crippen molar-refractivity contribution in [2.45, 2.75) is 90.6 Å². The average molecular weight is 371 g/mol. The molecule has 150 valence electrons. The van der Waals surface area contributed by atoms with Gasteiger partial charge in [-0.05, 0) is 93.5 Å². The number of methoxy groups -OCH3 is 1. The highest BCUT2D eigenvalue weighted by Crippen LogP contribution is 2.63. The fourth-order valence-corrected chi connectivity index (χ4v) is 7.46. The van der Waals surface area contributed by atoms with Gasteiger partial charge in [0.05, 0.1) is 19.0 Å². The molecule has 0 aromatic heterocycles. The number of aliphatic hydroxyl groups is 1. The van der Waals surface area contributed by atoms with Gasteiger partial charge in [-0.3, -0.25) is 0 Å². The minimum Gasteiger partial charge on any atom is -0.501 e. The van der Waals surface area contributed by atoms with E-state index < -0.39 is 0 Å². The van der Waals surface area contributed by atoms with Crippen LogP contribution in [0.2, 0.25) is 0 Å². The van der Waals surface area contributed by atoms with Crippen LogP contribution in [0.1, 0.15) is 84.5 Å². The summed E-state index contributed by atoms with van der Waals surface area (Å²) in [5.74, 6) is 3.52. The van der Waals surface area contributed by atoms with Crippen LogP contribution < -0.4 is 0 Å². The Kier molecular flexibility index (Phi) is 5.31. The summed E-state index contributed by atoms with van der Waals surface area (Å²) < 4.78 is 5.79. The van der Waals surface area contributed by atoms with E-state index in [1.165, 1.54) is 61.9 Å². The third-order valence-corrected chi connectivity index (χ3v) is 8.44. The summed E-state index contributed by atoms with van der Waals surface area (Å²) in [6, 6.07) is 0. The summed E-state index contributed by atoms with van der Waals surface area (Å²) in [5.41, 5.74) is 6.38. The lowest BCUT2D eigenvalue weighted by Gasteiger charge is -2.53. The van der Waals surface area contributed by atoms with E-state index in [2.05, 4.69) is 20.4 Å². The first-order chi connectivity index (χ1) is 13.0. The molecule has 0 unspecified atom stereocenters. The van der Waals surface area contributed by atoms with Crippen molar-refractivity contribution in [1.29, 1.82) is 0 Å². The van der Waals surface area contributed by atoms with Crippen molar-refractivity contribution < 1.29 is 9.84 Å². The molecule has 2 fully saturated rings. The number of fused-ring (bicyclic) bond motifs is 4. The summed E-state index contributed by atoms with van der Waals surface area (Å²) in [4.78, 5) is 0. The van der Waals surface area contributed by atoms with Crippen molar-refractivity contribution in [2.75, 3.05) is 7.11 Å². The van der Waals surface area contributed by atoms with Gasteiger partial charge in [-0.15, -0.1) is 0 Å². The minimum absolute atomic E-state index is 0.0518. The van der Waals surface area contributed by atoms with E-state index in [4.69, 9.17) is 4.74 Å². The third-order valence-electron chi connectivity index (χ3n) is 8.44. The second kappa shape index (κ2) is 7.43. The molecule has 4 aliphatic carbocycles. The van der Waals surface area contributed by atoms with Crippen LogP contribution in [0.3, 0.4) is 0 Å². The minimum atomic E-state index is -0.0518. The van der Waals surface area contributed by atoms with Crippen molar-refractivity contribution >= 4 is 0 Å². The van der Waals surface area contributed by atoms with Gasteiger partial charge in [0.25, 0.3) is 0 Å². The van der Waals surface area contributed by atoms with E-state index in [-0.39, 0.29) is 11.5 Å². The van der Waals surface area contributed by atoms with Gasteiger partial charge in [0.2, 0.25) is 0 Å². The Hall–Kier alpha value is -1.02. The molecular weight excluding hydrogens is 332 g/mol. The average Bonchev–Trinajstić information content (AvgIpc) is 2.97. The molecule has 4 aliphatic rings. The first kappa shape index (κ1) is 19.3. The number of aliphatic hydroxyl groups excluding tert-OH is 1. The van der Waals surface area contributed by atoms with Crippen LogP contribution >= 0.6 is 0 Å². The Morgan fingerprint density at radius 1 is 1.22 bits per heavy atom. The standard InChI is InChI=1S/C25H38O2/c1-5-11-25-12-10-19-20(22(25)8-9-24(25)26)7-6-17-15-23(27-4)18(13-16(2)3)14-21(17)19/h19-20,22,24,26H,2,5-15H2,1,3-4H3/t19-,20+,22-,24-,25-/m0/s1. The van der Waals surface area contributed by atoms with E-state index in [9.17, 15) is 5.11 Å². The smallest absolute Gasteiger partial charge is 0.0994 e. The Labute approximate surface area is 165 Å². The fourth-order valence-electron chi connectivity index (χ4n) is 7.46. The largest absolute Gasteiger partial charge is 0.501 e. The van der Waals surface area contributed by atoms with Crippen LogP contribution in [0, 0.1) is 23.2 Å². The van der Waals surface area contributed by atoms with Crippen LogP contribution in [0.15, 0.2) is 34.6 Å². The molecule has 27 heavy (non-hydrogen) atoms. The van der Waals surface area contributed by atoms with Crippen molar-refractivity contribution in [3.8, 4) is 0 Å². The molecule has 1 N–H and O–H groups in total. The molecule has 0 aromatic carbocycles. The molecule has 0 aromatic rings. The number of hydrogen-bond acceptors (Lipinski definition) is 2. The zero-order chi connectivity index (χ0) is 19.2. The maximum absolute atomic E-state index is 10.9. The molecule has 0 spiro atoms. The van der Waals surface area contributed by atoms with Gasteiger partial charge in [-0.2, -0.15) is 0 Å². The van der Waals surface area contributed by atoms with Crippen LogP contribution in [0.5, 0.6) is 0 Å². The molecule has 4 rings (SSSR count). The van der Waals surface area contributed by atoms with Gasteiger partial charge in [0, 0.05) is 6.42 Å². The van der Waals surface area contributed by atoms with Crippen LogP contribution in [-0.4, -0.2) is 18.3 Å². The zero-order valence-electron chi connectivity index (χ0n) is 17.7. The Morgan fingerprint density at radius 2 is 2.04 bits per heavy atom. The third kappa shape index (κ3) is 3.12. The summed E-state index contributed by atoms with van der Waals surface area (Å²) >= 11 is 0. The van der Waals surface area contributed by atoms with Gasteiger partial charge >= 0.3 is 0 Å². The SMILES string of the molecule is C=C(C)CC1=C(OC)CC2=C(C1)[C@H]1CC[C@]3(CCC)[C@@H](O)CC[C@H]3[C@@H]1CC2. The van der Waals surface area contributed by atoms with E-state index >= 15 is 0 Å². The number of hydrogen-bond donors (Lipinski definition) is 1. The lowest BCUT2D eigenvalue weighted by atomic mass is 9.52. The van der Waals surface area contributed by atoms with Crippen molar-refractivity contribution in [3.05, 3.63) is 34.6 Å². The molecule has 2 heteroatoms. The van der Waals surface area contributed by atoms with Crippen LogP contribution in [0.25, 0.3) is 0 Å². The Morgan fingerprint density at radius 3 is 2.74 bits per heavy atom. The predicted octanol–water partition coefficient (Wildman–Crippen LogP) is 6.32. The monoisotopic (exact) mass is 370 g/mol. The topological polar surface area (TPSA) is 29.5 Å². The molecular formula is C25H38O2. The molecule has 0 aliphatic heterocycles. The molecule has 0 saturated heterocycles. The predicted molar refractivity (Wildman–Crippen MR) is 111 cm³/mol. The Balaban J connectivity index is 1.60. The number of allylic oxidation sites excluding steroid dienone is 4. The second-order valence-electron chi connectivity index (χ2n) is 9.88. The zero-order valence-corrected chi connectivity index (χ0v) is 17.7. The highest BCUT2D eigenvalue weighted by atomic mass is 16.5. The Bertz CT molecular complexity index is 670. The molecule has 0 bridgehead atoms. The van der Waals surface area contributed by atoms with Gasteiger partial charge in [-0.1, -0.05) is 36.6 Å². The van der Waals surface area contributed by atoms with Crippen LogP contribution in [-0.2, 0) is 4.74 Å². The lowest BCUT2D eigenvalue weighted by molar-refractivity contribution is -0.0511. The van der Waals surface area contributed by atoms with E-state index in [0.29, 0.717) is 0 Å². The van der Waals surface area contributed by atoms with Gasteiger partial charge < -0.3 is 9.84 Å². The second-order valence-corrected chi connectivity index (χ2v) is 9.88. The highest BCUT2D eigenvalue weighted by Gasteiger charge is 2.56. The number of ether oxygens (including phenoxy) is 1. The van der Waals surface area contributed by atoms with E-state index in [1.807, 2.05) is 7.11 Å². The first-order valence-electron chi connectivity index (χ1n) is 11.3. The summed E-state index contributed by atoms with van der Waals surface area (Å²) in [6.45, 7) is 8.58. The maximum Gasteiger partial charge on any atom is 0.0994 e. The van der Waals surface area contributed by atoms with E-state index in [0.717, 1.165) is 43.4 Å². The molecule has 2 saturated carbocycles. The van der Waals surface area contributed by atoms with Gasteiger partial charge in [0.15, 0.2) is 0 Å². The molecule has 0 heterocycles. The molecule has 0 amide bonds. The highest BCUT2D eigenvalue weighted by molar-refractivity contribution is 5.38. The molecule has 5 atom stereocenters. The van der Waals surface area contributed by atoms with Crippen molar-refractivity contribution in [3.63, 3.8) is 0 Å². The summed E-state index contributed by atoms with van der Waals surface area (Å²) in [5, 5.41) is 10.9. The first-order valence-corrected chi connectivity index (χ1v) is 11.3. The molecule has 0 radical (unpaired) electrons. The number of rotatable bonds is 5. The van der Waals surface area contributed by atoms with Gasteiger partial charge in [0.1, 0.15) is 0 Å². The van der Waals surface area contributed by atoms with Gasteiger partial charge in [-0.25, -0.2) is 0 Å². The fraction of sp³-hybridized carbons (Fsp3) is 0.760. The normalized spacial score (nSPS) is 38.4. The van der Waals surface area contributed by atoms with E-state index in [1.54, 1.807) is 11.1 Å². The molecule has 2 nitrogen and oxygen atoms in total. The van der Waals surface area contributed by atoms with Crippen molar-refractivity contribution in [2.24, 2.45) is 23.2 Å². The van der Waals surface area contributed by atoms with Crippen molar-refractivity contribution in [1.82, 2.24) is 0 Å².